The van der Waals surface area contributed by atoms with Gasteiger partial charge in [0.2, 0.25) is 0 Å². The molecular weight excluding hydrogens is 432 g/mol. The minimum atomic E-state index is -0.447. The van der Waals surface area contributed by atoms with Crippen LogP contribution in [0, 0.1) is 10.1 Å². The van der Waals surface area contributed by atoms with Gasteiger partial charge in [0.15, 0.2) is 4.80 Å². The highest BCUT2D eigenvalue weighted by Gasteiger charge is 2.16. The quantitative estimate of drug-likeness (QED) is 0.458. The van der Waals surface area contributed by atoms with E-state index in [0.29, 0.717) is 22.7 Å². The monoisotopic (exact) mass is 444 g/mol. The van der Waals surface area contributed by atoms with Crippen molar-refractivity contribution in [3.63, 3.8) is 0 Å². The van der Waals surface area contributed by atoms with Crippen molar-refractivity contribution in [1.82, 2.24) is 4.57 Å². The largest absolute Gasteiger partial charge is 0.334 e. The molecule has 0 spiro atoms. The first-order valence-corrected chi connectivity index (χ1v) is 9.63. The van der Waals surface area contributed by atoms with Gasteiger partial charge in [-0.2, -0.15) is 0 Å². The van der Waals surface area contributed by atoms with Gasteiger partial charge in [-0.25, -0.2) is 4.99 Å². The molecule has 4 rings (SSSR count). The lowest BCUT2D eigenvalue weighted by Gasteiger charge is -2.25. The van der Waals surface area contributed by atoms with Crippen LogP contribution in [0.2, 0.25) is 0 Å². The molecule has 9 heteroatoms. The first-order chi connectivity index (χ1) is 13.0. The van der Waals surface area contributed by atoms with Crippen molar-refractivity contribution in [1.29, 1.82) is 0 Å². The van der Waals surface area contributed by atoms with E-state index in [4.69, 9.17) is 0 Å². The number of fused-ring (bicyclic) bond motifs is 1. The predicted molar refractivity (Wildman–Crippen MR) is 108 cm³/mol. The van der Waals surface area contributed by atoms with E-state index in [1.54, 1.807) is 22.8 Å². The molecule has 0 fully saturated rings. The molecule has 0 unspecified atom stereocenters. The van der Waals surface area contributed by atoms with Crippen molar-refractivity contribution < 1.29 is 4.92 Å². The Hall–Kier alpha value is -2.78. The van der Waals surface area contributed by atoms with E-state index in [2.05, 4.69) is 20.9 Å². The molecule has 0 saturated heterocycles. The van der Waals surface area contributed by atoms with Crippen LogP contribution in [0.25, 0.3) is 6.08 Å². The van der Waals surface area contributed by atoms with Gasteiger partial charge in [-0.3, -0.25) is 19.5 Å². The highest BCUT2D eigenvalue weighted by molar-refractivity contribution is 9.10. The van der Waals surface area contributed by atoms with Crippen LogP contribution in [-0.4, -0.2) is 16.2 Å². The van der Waals surface area contributed by atoms with Gasteiger partial charge in [-0.05, 0) is 42.0 Å². The Morgan fingerprint density at radius 3 is 2.70 bits per heavy atom. The van der Waals surface area contributed by atoms with Crippen LogP contribution in [0.1, 0.15) is 5.56 Å². The van der Waals surface area contributed by atoms with Crippen molar-refractivity contribution in [2.24, 2.45) is 4.99 Å². The summed E-state index contributed by atoms with van der Waals surface area (Å²) >= 11 is 4.79. The Balaban J connectivity index is 1.68. The van der Waals surface area contributed by atoms with Crippen LogP contribution in [0.15, 0.2) is 62.8 Å². The normalized spacial score (nSPS) is 14.0. The van der Waals surface area contributed by atoms with Crippen molar-refractivity contribution in [2.45, 2.75) is 6.67 Å². The third kappa shape index (κ3) is 3.56. The predicted octanol–water partition coefficient (Wildman–Crippen LogP) is 2.46. The van der Waals surface area contributed by atoms with E-state index in [1.807, 2.05) is 29.2 Å². The second-order valence-electron chi connectivity index (χ2n) is 5.94. The molecule has 0 radical (unpaired) electrons. The fourth-order valence-electron chi connectivity index (χ4n) is 2.79. The second kappa shape index (κ2) is 7.09. The van der Waals surface area contributed by atoms with Crippen LogP contribution >= 0.6 is 27.3 Å². The number of hydrogen-bond acceptors (Lipinski definition) is 6. The van der Waals surface area contributed by atoms with E-state index in [1.165, 1.54) is 23.5 Å². The Morgan fingerprint density at radius 1 is 1.22 bits per heavy atom. The lowest BCUT2D eigenvalue weighted by Crippen LogP contribution is -2.42. The molecule has 0 atom stereocenters. The molecule has 1 aliphatic heterocycles. The average molecular weight is 445 g/mol. The third-order valence-corrected chi connectivity index (χ3v) is 5.69. The molecule has 7 nitrogen and oxygen atoms in total. The van der Waals surface area contributed by atoms with Gasteiger partial charge in [0, 0.05) is 22.3 Å². The van der Waals surface area contributed by atoms with Crippen molar-refractivity contribution in [2.75, 3.05) is 11.6 Å². The molecule has 1 aromatic heterocycles. The van der Waals surface area contributed by atoms with Gasteiger partial charge in [-0.1, -0.05) is 33.3 Å². The first-order valence-electron chi connectivity index (χ1n) is 8.02. The number of rotatable bonds is 3. The van der Waals surface area contributed by atoms with Crippen LogP contribution in [0.3, 0.4) is 0 Å². The average Bonchev–Trinajstić information content (AvgIpc) is 2.97. The molecule has 0 N–H and O–H groups in total. The molecule has 0 saturated carbocycles. The molecule has 0 bridgehead atoms. The van der Waals surface area contributed by atoms with Gasteiger partial charge >= 0.3 is 0 Å². The molecule has 2 aromatic carbocycles. The smallest absolute Gasteiger partial charge is 0.271 e. The maximum Gasteiger partial charge on any atom is 0.271 e. The van der Waals surface area contributed by atoms with E-state index in [-0.39, 0.29) is 11.2 Å². The SMILES string of the molecule is O=c1c(=Cc2ccc([N+](=O)[O-])cc2)sc2n1CN(c1cccc(Br)c1)CN=2. The standard InChI is InChI=1S/C18H13BrN4O3S/c19-13-2-1-3-15(9-13)21-10-20-18-22(11-21)17(24)16(27-18)8-12-4-6-14(7-5-12)23(25)26/h1-9H,10-11H2. The molecule has 0 aliphatic carbocycles. The molecule has 2 heterocycles. The van der Waals surface area contributed by atoms with Crippen LogP contribution < -0.4 is 19.8 Å². The molecular formula is C18H13BrN4O3S. The summed E-state index contributed by atoms with van der Waals surface area (Å²) in [5.74, 6) is 0. The number of nitrogens with zero attached hydrogens (tertiary/aromatic N) is 4. The number of hydrogen-bond donors (Lipinski definition) is 0. The van der Waals surface area contributed by atoms with Crippen molar-refractivity contribution in [3.8, 4) is 0 Å². The van der Waals surface area contributed by atoms with Gasteiger partial charge in [-0.15, -0.1) is 0 Å². The van der Waals surface area contributed by atoms with Crippen LogP contribution in [0.4, 0.5) is 11.4 Å². The Kier molecular flexibility index (Phi) is 4.63. The number of halogens is 1. The number of nitro groups is 1. The summed E-state index contributed by atoms with van der Waals surface area (Å²) in [4.78, 5) is 30.3. The summed E-state index contributed by atoms with van der Waals surface area (Å²) in [5.41, 5.74) is 1.63. The number of anilines is 1. The summed E-state index contributed by atoms with van der Waals surface area (Å²) in [5, 5.41) is 10.8. The number of thiazole rings is 1. The maximum absolute atomic E-state index is 12.8. The Morgan fingerprint density at radius 2 is 2.00 bits per heavy atom. The van der Waals surface area contributed by atoms with E-state index in [9.17, 15) is 14.9 Å². The first kappa shape index (κ1) is 17.6. The van der Waals surface area contributed by atoms with Crippen LogP contribution in [-0.2, 0) is 6.67 Å². The topological polar surface area (TPSA) is 80.7 Å². The number of benzene rings is 2. The molecule has 136 valence electrons. The molecule has 1 aliphatic rings. The zero-order valence-corrected chi connectivity index (χ0v) is 16.3. The highest BCUT2D eigenvalue weighted by atomic mass is 79.9. The summed E-state index contributed by atoms with van der Waals surface area (Å²) in [7, 11) is 0. The maximum atomic E-state index is 12.8. The minimum absolute atomic E-state index is 0.0222. The fraction of sp³-hybridized carbons (Fsp3) is 0.111. The minimum Gasteiger partial charge on any atom is -0.334 e. The number of non-ortho nitro benzene ring substituents is 1. The van der Waals surface area contributed by atoms with E-state index in [0.717, 1.165) is 15.7 Å². The van der Waals surface area contributed by atoms with Crippen molar-refractivity contribution in [3.05, 3.63) is 88.4 Å². The summed E-state index contributed by atoms with van der Waals surface area (Å²) in [6.45, 7) is 0.909. The number of aromatic nitrogens is 1. The lowest BCUT2D eigenvalue weighted by atomic mass is 10.2. The zero-order valence-electron chi connectivity index (χ0n) is 13.9. The van der Waals surface area contributed by atoms with Gasteiger partial charge < -0.3 is 4.90 Å². The summed E-state index contributed by atoms with van der Waals surface area (Å²) in [6.07, 6.45) is 1.74. The molecule has 3 aromatic rings. The summed E-state index contributed by atoms with van der Waals surface area (Å²) < 4.78 is 3.17. The van der Waals surface area contributed by atoms with E-state index < -0.39 is 4.92 Å². The molecule has 0 amide bonds. The van der Waals surface area contributed by atoms with Gasteiger partial charge in [0.25, 0.3) is 11.2 Å². The van der Waals surface area contributed by atoms with Crippen molar-refractivity contribution >= 4 is 44.7 Å². The van der Waals surface area contributed by atoms with Gasteiger partial charge in [0.05, 0.1) is 9.46 Å². The highest BCUT2D eigenvalue weighted by Crippen LogP contribution is 2.20. The fourth-order valence-corrected chi connectivity index (χ4v) is 4.14. The molecule has 27 heavy (non-hydrogen) atoms. The zero-order chi connectivity index (χ0) is 19.0. The second-order valence-corrected chi connectivity index (χ2v) is 7.86. The lowest BCUT2D eigenvalue weighted by molar-refractivity contribution is -0.384. The van der Waals surface area contributed by atoms with E-state index >= 15 is 0 Å². The third-order valence-electron chi connectivity index (χ3n) is 4.15. The van der Waals surface area contributed by atoms with Gasteiger partial charge in [0.1, 0.15) is 13.3 Å². The van der Waals surface area contributed by atoms with Crippen LogP contribution in [0.5, 0.6) is 0 Å². The number of nitro benzene ring substituents is 1. The Bertz CT molecular complexity index is 1200. The Labute approximate surface area is 165 Å². The summed E-state index contributed by atoms with van der Waals surface area (Å²) in [6, 6.07) is 14.0.